The molecular formula is C13H16INO4. The molecule has 6 heteroatoms. The fourth-order valence-electron chi connectivity index (χ4n) is 1.40. The lowest BCUT2D eigenvalue weighted by Crippen LogP contribution is -2.32. The fourth-order valence-corrected chi connectivity index (χ4v) is 2.26. The minimum atomic E-state index is -1.02. The Morgan fingerprint density at radius 3 is 2.37 bits per heavy atom. The van der Waals surface area contributed by atoms with Crippen LogP contribution in [-0.2, 0) is 9.53 Å². The second-order valence-corrected chi connectivity index (χ2v) is 6.21. The molecule has 0 aromatic heterocycles. The number of esters is 1. The van der Waals surface area contributed by atoms with Crippen molar-refractivity contribution < 1.29 is 19.4 Å². The highest BCUT2D eigenvalue weighted by Crippen LogP contribution is 2.22. The number of carboxylic acids is 1. The van der Waals surface area contributed by atoms with Gasteiger partial charge in [0.1, 0.15) is 11.6 Å². The van der Waals surface area contributed by atoms with E-state index in [-0.39, 0.29) is 5.56 Å². The molecule has 1 atom stereocenters. The molecule has 5 nitrogen and oxygen atoms in total. The molecule has 0 aliphatic heterocycles. The maximum Gasteiger partial charge on any atom is 0.335 e. The molecule has 0 saturated carbocycles. The Bertz CT molecular complexity index is 508. The average Bonchev–Trinajstić information content (AvgIpc) is 2.25. The molecule has 0 amide bonds. The van der Waals surface area contributed by atoms with E-state index in [9.17, 15) is 9.59 Å². The third-order valence-corrected chi connectivity index (χ3v) is 3.18. The van der Waals surface area contributed by atoms with E-state index in [0.717, 1.165) is 0 Å². The van der Waals surface area contributed by atoms with Crippen molar-refractivity contribution in [2.75, 3.05) is 0 Å². The van der Waals surface area contributed by atoms with Crippen molar-refractivity contribution in [3.8, 4) is 0 Å². The van der Waals surface area contributed by atoms with E-state index >= 15 is 0 Å². The number of hydrogen-bond acceptors (Lipinski definition) is 4. The van der Waals surface area contributed by atoms with Crippen LogP contribution in [-0.4, -0.2) is 22.6 Å². The van der Waals surface area contributed by atoms with Crippen LogP contribution in [0.2, 0.25) is 0 Å². The Labute approximate surface area is 125 Å². The third kappa shape index (κ3) is 4.46. The van der Waals surface area contributed by atoms with Gasteiger partial charge < -0.3 is 15.6 Å². The molecular weight excluding hydrogens is 361 g/mol. The van der Waals surface area contributed by atoms with E-state index in [1.54, 1.807) is 26.8 Å². The second kappa shape index (κ2) is 5.87. The van der Waals surface area contributed by atoms with E-state index < -0.39 is 23.6 Å². The number of aromatic carboxylic acids is 1. The zero-order chi connectivity index (χ0) is 14.8. The Hall–Kier alpha value is -1.15. The molecule has 0 fully saturated rings. The third-order valence-electron chi connectivity index (χ3n) is 2.24. The lowest BCUT2D eigenvalue weighted by atomic mass is 10.1. The highest BCUT2D eigenvalue weighted by molar-refractivity contribution is 14.1. The van der Waals surface area contributed by atoms with Crippen molar-refractivity contribution in [2.24, 2.45) is 5.73 Å². The molecule has 0 aliphatic carbocycles. The first-order valence-corrected chi connectivity index (χ1v) is 6.71. The SMILES string of the molecule is CC(C)(C)OC(=O)C(N)c1ccc(C(=O)O)cc1I. The number of carbonyl (C=O) groups is 2. The molecule has 0 heterocycles. The summed E-state index contributed by atoms with van der Waals surface area (Å²) < 4.78 is 5.82. The fraction of sp³-hybridized carbons (Fsp3) is 0.385. The Balaban J connectivity index is 2.97. The largest absolute Gasteiger partial charge is 0.478 e. The van der Waals surface area contributed by atoms with Crippen LogP contribution >= 0.6 is 22.6 Å². The smallest absolute Gasteiger partial charge is 0.335 e. The van der Waals surface area contributed by atoms with Crippen molar-refractivity contribution in [2.45, 2.75) is 32.4 Å². The summed E-state index contributed by atoms with van der Waals surface area (Å²) in [5.74, 6) is -1.55. The van der Waals surface area contributed by atoms with Crippen molar-refractivity contribution >= 4 is 34.5 Å². The Kier molecular flexibility index (Phi) is 4.92. The summed E-state index contributed by atoms with van der Waals surface area (Å²) in [6.07, 6.45) is 0. The Morgan fingerprint density at radius 2 is 1.95 bits per heavy atom. The minimum Gasteiger partial charge on any atom is -0.478 e. The van der Waals surface area contributed by atoms with E-state index in [1.807, 2.05) is 22.6 Å². The molecule has 0 radical (unpaired) electrons. The lowest BCUT2D eigenvalue weighted by molar-refractivity contribution is -0.156. The maximum atomic E-state index is 11.9. The van der Waals surface area contributed by atoms with Crippen molar-refractivity contribution in [3.63, 3.8) is 0 Å². The standard InChI is InChI=1S/C13H16INO4/c1-13(2,3)19-12(18)10(15)8-5-4-7(11(16)17)6-9(8)14/h4-6,10H,15H2,1-3H3,(H,16,17). The molecule has 0 bridgehead atoms. The maximum absolute atomic E-state index is 11.9. The van der Waals surface area contributed by atoms with Crippen molar-refractivity contribution in [1.29, 1.82) is 0 Å². The topological polar surface area (TPSA) is 89.6 Å². The van der Waals surface area contributed by atoms with E-state index in [1.165, 1.54) is 12.1 Å². The highest BCUT2D eigenvalue weighted by Gasteiger charge is 2.25. The van der Waals surface area contributed by atoms with Crippen LogP contribution in [0.3, 0.4) is 0 Å². The number of ether oxygens (including phenoxy) is 1. The first kappa shape index (κ1) is 15.9. The van der Waals surface area contributed by atoms with Crippen LogP contribution in [0.15, 0.2) is 18.2 Å². The molecule has 1 aromatic carbocycles. The van der Waals surface area contributed by atoms with Gasteiger partial charge in [-0.05, 0) is 61.1 Å². The number of carbonyl (C=O) groups excluding carboxylic acids is 1. The van der Waals surface area contributed by atoms with Gasteiger partial charge in [-0.2, -0.15) is 0 Å². The van der Waals surface area contributed by atoms with Crippen LogP contribution in [0.1, 0.15) is 42.7 Å². The molecule has 19 heavy (non-hydrogen) atoms. The molecule has 0 saturated heterocycles. The lowest BCUT2D eigenvalue weighted by Gasteiger charge is -2.22. The average molecular weight is 377 g/mol. The first-order chi connectivity index (χ1) is 8.61. The molecule has 104 valence electrons. The zero-order valence-corrected chi connectivity index (χ0v) is 13.1. The van der Waals surface area contributed by atoms with Crippen LogP contribution in [0.5, 0.6) is 0 Å². The Morgan fingerprint density at radius 1 is 1.37 bits per heavy atom. The number of carboxylic acid groups (broad SMARTS) is 1. The molecule has 1 unspecified atom stereocenters. The van der Waals surface area contributed by atoms with Gasteiger partial charge in [0.05, 0.1) is 5.56 Å². The summed E-state index contributed by atoms with van der Waals surface area (Å²) in [4.78, 5) is 22.7. The summed E-state index contributed by atoms with van der Waals surface area (Å²) in [6, 6.07) is 3.51. The van der Waals surface area contributed by atoms with E-state index in [0.29, 0.717) is 9.13 Å². The number of rotatable bonds is 3. The van der Waals surface area contributed by atoms with E-state index in [2.05, 4.69) is 0 Å². The van der Waals surface area contributed by atoms with Gasteiger partial charge in [0.2, 0.25) is 0 Å². The zero-order valence-electron chi connectivity index (χ0n) is 10.9. The minimum absolute atomic E-state index is 0.157. The number of benzene rings is 1. The molecule has 0 aliphatic rings. The number of nitrogens with two attached hydrogens (primary N) is 1. The van der Waals surface area contributed by atoms with Crippen LogP contribution < -0.4 is 5.73 Å². The van der Waals surface area contributed by atoms with Gasteiger partial charge in [0, 0.05) is 3.57 Å². The summed E-state index contributed by atoms with van der Waals surface area (Å²) in [5, 5.41) is 8.87. The van der Waals surface area contributed by atoms with Crippen LogP contribution in [0, 0.1) is 3.57 Å². The highest BCUT2D eigenvalue weighted by atomic mass is 127. The van der Waals surface area contributed by atoms with Gasteiger partial charge in [-0.25, -0.2) is 9.59 Å². The van der Waals surface area contributed by atoms with Crippen LogP contribution in [0.4, 0.5) is 0 Å². The number of halogens is 1. The summed E-state index contributed by atoms with van der Waals surface area (Å²) in [5.41, 5.74) is 5.95. The predicted octanol–water partition coefficient (Wildman–Crippen LogP) is 2.33. The van der Waals surface area contributed by atoms with Gasteiger partial charge in [-0.3, -0.25) is 0 Å². The monoisotopic (exact) mass is 377 g/mol. The van der Waals surface area contributed by atoms with Gasteiger partial charge >= 0.3 is 11.9 Å². The van der Waals surface area contributed by atoms with Crippen molar-refractivity contribution in [1.82, 2.24) is 0 Å². The molecule has 3 N–H and O–H groups in total. The van der Waals surface area contributed by atoms with Crippen LogP contribution in [0.25, 0.3) is 0 Å². The molecule has 1 rings (SSSR count). The summed E-state index contributed by atoms with van der Waals surface area (Å²) in [6.45, 7) is 5.28. The normalized spacial score (nSPS) is 12.9. The van der Waals surface area contributed by atoms with Gasteiger partial charge in [-0.1, -0.05) is 6.07 Å². The van der Waals surface area contributed by atoms with E-state index in [4.69, 9.17) is 15.6 Å². The van der Waals surface area contributed by atoms with Gasteiger partial charge in [-0.15, -0.1) is 0 Å². The van der Waals surface area contributed by atoms with Gasteiger partial charge in [0.15, 0.2) is 0 Å². The number of hydrogen-bond donors (Lipinski definition) is 2. The van der Waals surface area contributed by atoms with Crippen molar-refractivity contribution in [3.05, 3.63) is 32.9 Å². The second-order valence-electron chi connectivity index (χ2n) is 5.05. The summed E-state index contributed by atoms with van der Waals surface area (Å²) >= 11 is 1.95. The first-order valence-electron chi connectivity index (χ1n) is 5.63. The molecule has 1 aromatic rings. The quantitative estimate of drug-likeness (QED) is 0.624. The summed E-state index contributed by atoms with van der Waals surface area (Å²) in [7, 11) is 0. The molecule has 0 spiro atoms. The van der Waals surface area contributed by atoms with Gasteiger partial charge in [0.25, 0.3) is 0 Å². The predicted molar refractivity (Wildman–Crippen MR) is 78.9 cm³/mol.